The van der Waals surface area contributed by atoms with E-state index in [2.05, 4.69) is 10.0 Å². The van der Waals surface area contributed by atoms with E-state index in [1.165, 1.54) is 30.0 Å². The lowest BCUT2D eigenvalue weighted by Crippen LogP contribution is -2.50. The molecule has 1 amide bonds. The summed E-state index contributed by atoms with van der Waals surface area (Å²) in [4.78, 5) is 12.6. The highest BCUT2D eigenvalue weighted by Crippen LogP contribution is 2.15. The predicted molar refractivity (Wildman–Crippen MR) is 111 cm³/mol. The molecule has 28 heavy (non-hydrogen) atoms. The van der Waals surface area contributed by atoms with Crippen molar-refractivity contribution in [3.8, 4) is 0 Å². The summed E-state index contributed by atoms with van der Waals surface area (Å²) < 4.78 is 41.0. The van der Waals surface area contributed by atoms with Crippen LogP contribution in [0.25, 0.3) is 0 Å². The molecule has 2 aromatic carbocycles. The summed E-state index contributed by atoms with van der Waals surface area (Å²) in [7, 11) is -3.78. The number of hydrogen-bond acceptors (Lipinski definition) is 4. The highest BCUT2D eigenvalue weighted by molar-refractivity contribution is 7.98. The normalized spacial score (nSPS) is 12.7. The summed E-state index contributed by atoms with van der Waals surface area (Å²) in [6.45, 7) is 3.93. The topological polar surface area (TPSA) is 75.3 Å². The molecule has 0 heterocycles. The van der Waals surface area contributed by atoms with Crippen molar-refractivity contribution in [3.05, 3.63) is 66.0 Å². The first kappa shape index (κ1) is 22.4. The molecule has 0 aliphatic heterocycles. The Hall–Kier alpha value is -1.90. The minimum Gasteiger partial charge on any atom is -0.354 e. The van der Waals surface area contributed by atoms with Gasteiger partial charge in [-0.25, -0.2) is 12.8 Å². The van der Waals surface area contributed by atoms with E-state index >= 15 is 0 Å². The van der Waals surface area contributed by atoms with Gasteiger partial charge in [0.15, 0.2) is 0 Å². The average Bonchev–Trinajstić information content (AvgIpc) is 2.67. The van der Waals surface area contributed by atoms with Crippen LogP contribution in [0.5, 0.6) is 0 Å². The standard InChI is InChI=1S/C20H25FN2O3S2/c1-15(2)19(23-28(25,26)17-9-4-3-5-10-17)20(24)22-12-13-27-14-16-8-6-7-11-18(16)21/h3-11,15,19,23H,12-14H2,1-2H3,(H,22,24)/t19-/m0/s1. The van der Waals surface area contributed by atoms with Crippen molar-refractivity contribution in [2.24, 2.45) is 5.92 Å². The number of thioether (sulfide) groups is 1. The second-order valence-corrected chi connectivity index (χ2v) is 9.41. The van der Waals surface area contributed by atoms with Crippen LogP contribution in [0, 0.1) is 11.7 Å². The Balaban J connectivity index is 1.85. The van der Waals surface area contributed by atoms with E-state index in [1.807, 2.05) is 0 Å². The average molecular weight is 425 g/mol. The second kappa shape index (κ2) is 10.6. The van der Waals surface area contributed by atoms with E-state index in [0.717, 1.165) is 0 Å². The second-order valence-electron chi connectivity index (χ2n) is 6.59. The molecule has 0 unspecified atom stereocenters. The van der Waals surface area contributed by atoms with Crippen molar-refractivity contribution in [1.82, 2.24) is 10.0 Å². The lowest BCUT2D eigenvalue weighted by Gasteiger charge is -2.21. The summed E-state index contributed by atoms with van der Waals surface area (Å²) in [5, 5.41) is 2.76. The van der Waals surface area contributed by atoms with E-state index in [-0.39, 0.29) is 22.5 Å². The number of hydrogen-bond donors (Lipinski definition) is 2. The van der Waals surface area contributed by atoms with Gasteiger partial charge in [-0.2, -0.15) is 16.5 Å². The lowest BCUT2D eigenvalue weighted by molar-refractivity contribution is -0.123. The van der Waals surface area contributed by atoms with Crippen molar-refractivity contribution in [2.75, 3.05) is 12.3 Å². The first-order valence-corrected chi connectivity index (χ1v) is 11.6. The van der Waals surface area contributed by atoms with Crippen LogP contribution in [-0.2, 0) is 20.6 Å². The van der Waals surface area contributed by atoms with Crippen LogP contribution in [0.3, 0.4) is 0 Å². The number of benzene rings is 2. The third-order valence-electron chi connectivity index (χ3n) is 4.05. The zero-order valence-electron chi connectivity index (χ0n) is 15.9. The van der Waals surface area contributed by atoms with Crippen LogP contribution in [0.2, 0.25) is 0 Å². The largest absolute Gasteiger partial charge is 0.354 e. The third kappa shape index (κ3) is 6.61. The van der Waals surface area contributed by atoms with Gasteiger partial charge in [0.05, 0.1) is 4.90 Å². The molecule has 2 N–H and O–H groups in total. The molecule has 0 saturated carbocycles. The molecule has 0 spiro atoms. The van der Waals surface area contributed by atoms with Gasteiger partial charge in [-0.3, -0.25) is 4.79 Å². The lowest BCUT2D eigenvalue weighted by atomic mass is 10.1. The van der Waals surface area contributed by atoms with Gasteiger partial charge >= 0.3 is 0 Å². The van der Waals surface area contributed by atoms with E-state index in [4.69, 9.17) is 0 Å². The summed E-state index contributed by atoms with van der Waals surface area (Å²) in [5.41, 5.74) is 0.620. The smallest absolute Gasteiger partial charge is 0.241 e. The summed E-state index contributed by atoms with van der Waals surface area (Å²) in [5.74, 6) is 0.271. The van der Waals surface area contributed by atoms with Crippen molar-refractivity contribution >= 4 is 27.7 Å². The molecule has 2 aromatic rings. The SMILES string of the molecule is CC(C)[C@H](NS(=O)(=O)c1ccccc1)C(=O)NCCSCc1ccccc1F. The van der Waals surface area contributed by atoms with E-state index in [1.54, 1.807) is 50.2 Å². The highest BCUT2D eigenvalue weighted by atomic mass is 32.2. The Labute approximate surface area is 170 Å². The summed E-state index contributed by atoms with van der Waals surface area (Å²) in [6, 6.07) is 13.7. The molecule has 2 rings (SSSR count). The molecule has 0 aliphatic rings. The summed E-state index contributed by atoms with van der Waals surface area (Å²) in [6.07, 6.45) is 0. The molecule has 1 atom stereocenters. The minimum absolute atomic E-state index is 0.119. The fourth-order valence-electron chi connectivity index (χ4n) is 2.48. The zero-order chi connectivity index (χ0) is 20.6. The molecular formula is C20H25FN2O3S2. The quantitative estimate of drug-likeness (QED) is 0.575. The van der Waals surface area contributed by atoms with Crippen LogP contribution in [0.15, 0.2) is 59.5 Å². The van der Waals surface area contributed by atoms with Gasteiger partial charge in [-0.1, -0.05) is 50.2 Å². The molecule has 0 radical (unpaired) electrons. The monoisotopic (exact) mass is 424 g/mol. The molecular weight excluding hydrogens is 399 g/mol. The zero-order valence-corrected chi connectivity index (χ0v) is 17.5. The number of sulfonamides is 1. The number of carbonyl (C=O) groups is 1. The van der Waals surface area contributed by atoms with Gasteiger partial charge in [0.25, 0.3) is 0 Å². The van der Waals surface area contributed by atoms with Crippen molar-refractivity contribution in [2.45, 2.75) is 30.5 Å². The molecule has 152 valence electrons. The summed E-state index contributed by atoms with van der Waals surface area (Å²) >= 11 is 1.50. The number of nitrogens with one attached hydrogen (secondary N) is 2. The van der Waals surface area contributed by atoms with Crippen molar-refractivity contribution in [3.63, 3.8) is 0 Å². The van der Waals surface area contributed by atoms with Crippen LogP contribution in [-0.4, -0.2) is 32.7 Å². The molecule has 0 fully saturated rings. The number of halogens is 1. The highest BCUT2D eigenvalue weighted by Gasteiger charge is 2.28. The van der Waals surface area contributed by atoms with Gasteiger partial charge < -0.3 is 5.32 Å². The maximum atomic E-state index is 13.6. The van der Waals surface area contributed by atoms with Crippen LogP contribution in [0.4, 0.5) is 4.39 Å². The molecule has 0 saturated heterocycles. The van der Waals surface area contributed by atoms with E-state index < -0.39 is 16.1 Å². The number of carbonyl (C=O) groups excluding carboxylic acids is 1. The first-order chi connectivity index (χ1) is 13.3. The fourth-order valence-corrected chi connectivity index (χ4v) is 4.69. The van der Waals surface area contributed by atoms with Crippen LogP contribution in [0.1, 0.15) is 19.4 Å². The first-order valence-electron chi connectivity index (χ1n) is 8.97. The third-order valence-corrected chi connectivity index (χ3v) is 6.51. The molecule has 0 bridgehead atoms. The Kier molecular flexibility index (Phi) is 8.47. The van der Waals surface area contributed by atoms with Gasteiger partial charge in [0.1, 0.15) is 11.9 Å². The fraction of sp³-hybridized carbons (Fsp3) is 0.350. The molecule has 8 heteroatoms. The Morgan fingerprint density at radius 1 is 1.07 bits per heavy atom. The van der Waals surface area contributed by atoms with Crippen molar-refractivity contribution in [1.29, 1.82) is 0 Å². The van der Waals surface area contributed by atoms with Crippen molar-refractivity contribution < 1.29 is 17.6 Å². The van der Waals surface area contributed by atoms with Gasteiger partial charge in [-0.15, -0.1) is 0 Å². The molecule has 0 aliphatic carbocycles. The number of rotatable bonds is 10. The minimum atomic E-state index is -3.78. The van der Waals surface area contributed by atoms with Gasteiger partial charge in [-0.05, 0) is 29.7 Å². The number of amides is 1. The Bertz CT molecular complexity index is 874. The maximum absolute atomic E-state index is 13.6. The van der Waals surface area contributed by atoms with E-state index in [0.29, 0.717) is 23.6 Å². The van der Waals surface area contributed by atoms with Gasteiger partial charge in [0, 0.05) is 18.1 Å². The van der Waals surface area contributed by atoms with Crippen LogP contribution < -0.4 is 10.0 Å². The van der Waals surface area contributed by atoms with E-state index in [9.17, 15) is 17.6 Å². The van der Waals surface area contributed by atoms with Crippen LogP contribution >= 0.6 is 11.8 Å². The predicted octanol–water partition coefficient (Wildman–Crippen LogP) is 3.18. The van der Waals surface area contributed by atoms with Gasteiger partial charge in [0.2, 0.25) is 15.9 Å². The Morgan fingerprint density at radius 3 is 2.36 bits per heavy atom. The molecule has 5 nitrogen and oxygen atoms in total. The molecule has 0 aromatic heterocycles. The Morgan fingerprint density at radius 2 is 1.71 bits per heavy atom. The maximum Gasteiger partial charge on any atom is 0.241 e.